The van der Waals surface area contributed by atoms with Gasteiger partial charge in [-0.1, -0.05) is 86.0 Å². The Hall–Kier alpha value is -0.520. The van der Waals surface area contributed by atoms with Gasteiger partial charge in [0, 0.05) is 0 Å². The molecule has 0 N–H and O–H groups in total. The van der Waals surface area contributed by atoms with Crippen molar-refractivity contribution < 1.29 is 0 Å². The van der Waals surface area contributed by atoms with Gasteiger partial charge in [0.2, 0.25) is 0 Å². The Kier molecular flexibility index (Phi) is 9.76. The number of hydrogen-bond acceptors (Lipinski definition) is 0. The zero-order chi connectivity index (χ0) is 22.4. The minimum Gasteiger partial charge on any atom is -0.0874 e. The lowest BCUT2D eigenvalue weighted by molar-refractivity contribution is -0.117. The molecule has 0 aromatic carbocycles. The summed E-state index contributed by atoms with van der Waals surface area (Å²) in [4.78, 5) is 0. The predicted octanol–water partition coefficient (Wildman–Crippen LogP) is 10.0. The van der Waals surface area contributed by atoms with Crippen LogP contribution in [0.1, 0.15) is 126 Å². The first-order valence-corrected chi connectivity index (χ1v) is 13.7. The van der Waals surface area contributed by atoms with Crippen LogP contribution in [0.4, 0.5) is 0 Å². The maximum atomic E-state index is 2.74. The third kappa shape index (κ3) is 4.78. The van der Waals surface area contributed by atoms with Crippen molar-refractivity contribution in [3.8, 4) is 0 Å². The smallest absolute Gasteiger partial charge is 0.0137 e. The van der Waals surface area contributed by atoms with E-state index in [9.17, 15) is 0 Å². The molecule has 0 heterocycles. The van der Waals surface area contributed by atoms with Gasteiger partial charge in [-0.25, -0.2) is 0 Å². The Bertz CT molecular complexity index is 569. The highest BCUT2D eigenvalue weighted by Gasteiger charge is 2.57. The number of fused-ring (bicyclic) bond motifs is 1. The van der Waals surface area contributed by atoms with E-state index in [1.807, 2.05) is 13.8 Å². The molecule has 7 atom stereocenters. The quantitative estimate of drug-likeness (QED) is 0.379. The van der Waals surface area contributed by atoms with Crippen molar-refractivity contribution in [3.63, 3.8) is 0 Å². The molecule has 0 nitrogen and oxygen atoms in total. The Labute approximate surface area is 190 Å². The van der Waals surface area contributed by atoms with Crippen LogP contribution in [-0.2, 0) is 0 Å². The van der Waals surface area contributed by atoms with E-state index in [1.165, 1.54) is 70.6 Å². The fraction of sp³-hybridized carbons (Fsp3) is 0.867. The molecule has 7 unspecified atom stereocenters. The van der Waals surface area contributed by atoms with E-state index >= 15 is 0 Å². The molecule has 0 saturated heterocycles. The largest absolute Gasteiger partial charge is 0.0874 e. The molecule has 0 aromatic heterocycles. The Morgan fingerprint density at radius 1 is 0.933 bits per heavy atom. The molecule has 3 fully saturated rings. The van der Waals surface area contributed by atoms with Gasteiger partial charge in [-0.2, -0.15) is 0 Å². The van der Waals surface area contributed by atoms with E-state index in [0.717, 1.165) is 29.6 Å². The summed E-state index contributed by atoms with van der Waals surface area (Å²) in [5, 5.41) is 0. The second kappa shape index (κ2) is 11.4. The molecule has 3 rings (SSSR count). The summed E-state index contributed by atoms with van der Waals surface area (Å²) in [6.45, 7) is 19.0. The maximum Gasteiger partial charge on any atom is -0.0137 e. The first-order chi connectivity index (χ1) is 14.4. The summed E-state index contributed by atoms with van der Waals surface area (Å²) < 4.78 is 0. The topological polar surface area (TPSA) is 0 Å². The van der Waals surface area contributed by atoms with Crippen LogP contribution in [0.2, 0.25) is 0 Å². The van der Waals surface area contributed by atoms with Gasteiger partial charge in [-0.15, -0.1) is 0 Å². The third-order valence-corrected chi connectivity index (χ3v) is 9.78. The van der Waals surface area contributed by atoms with Crippen LogP contribution in [0.3, 0.4) is 0 Å². The van der Waals surface area contributed by atoms with Crippen molar-refractivity contribution in [2.45, 2.75) is 126 Å². The molecule has 3 saturated carbocycles. The van der Waals surface area contributed by atoms with Gasteiger partial charge in [0.05, 0.1) is 0 Å². The summed E-state index contributed by atoms with van der Waals surface area (Å²) in [5.41, 5.74) is 2.80. The molecule has 3 aliphatic carbocycles. The molecule has 0 bridgehead atoms. The minimum absolute atomic E-state index is 0.556. The van der Waals surface area contributed by atoms with E-state index in [0.29, 0.717) is 10.8 Å². The highest BCUT2D eigenvalue weighted by molar-refractivity contribution is 5.24. The van der Waals surface area contributed by atoms with E-state index < -0.39 is 0 Å². The highest BCUT2D eigenvalue weighted by atomic mass is 14.6. The summed E-state index contributed by atoms with van der Waals surface area (Å²) in [5.74, 6) is 4.49. The van der Waals surface area contributed by atoms with Crippen LogP contribution in [0.5, 0.6) is 0 Å². The Balaban J connectivity index is 0.00000155. The predicted molar refractivity (Wildman–Crippen MR) is 136 cm³/mol. The summed E-state index contributed by atoms with van der Waals surface area (Å²) in [7, 11) is 0. The molecule has 0 spiro atoms. The first kappa shape index (κ1) is 25.7. The number of hydrogen-bond donors (Lipinski definition) is 0. The lowest BCUT2D eigenvalue weighted by Crippen LogP contribution is -2.53. The SMILES string of the molecule is C/C=C\C(=C/CC)C1CCC(C2(C)CCC3CCCCC3(C)C2CCC)C1C.CC. The van der Waals surface area contributed by atoms with Gasteiger partial charge in [-0.3, -0.25) is 0 Å². The van der Waals surface area contributed by atoms with Crippen molar-refractivity contribution >= 4 is 0 Å². The molecular formula is C30H54. The molecule has 0 aliphatic heterocycles. The molecule has 0 heteroatoms. The van der Waals surface area contributed by atoms with Gasteiger partial charge < -0.3 is 0 Å². The summed E-state index contributed by atoms with van der Waals surface area (Å²) in [6, 6.07) is 0. The molecule has 0 radical (unpaired) electrons. The fourth-order valence-corrected chi connectivity index (χ4v) is 8.51. The van der Waals surface area contributed by atoms with Crippen LogP contribution >= 0.6 is 0 Å². The highest BCUT2D eigenvalue weighted by Crippen LogP contribution is 2.66. The molecule has 3 aliphatic rings. The van der Waals surface area contributed by atoms with Crippen LogP contribution in [0.25, 0.3) is 0 Å². The number of allylic oxidation sites excluding steroid dienone is 4. The first-order valence-electron chi connectivity index (χ1n) is 13.7. The van der Waals surface area contributed by atoms with E-state index in [-0.39, 0.29) is 0 Å². The maximum absolute atomic E-state index is 2.74. The average Bonchev–Trinajstić information content (AvgIpc) is 3.14. The van der Waals surface area contributed by atoms with Gasteiger partial charge >= 0.3 is 0 Å². The molecule has 174 valence electrons. The number of rotatable bonds is 6. The van der Waals surface area contributed by atoms with Gasteiger partial charge in [-0.05, 0) is 104 Å². The molecule has 0 amide bonds. The lowest BCUT2D eigenvalue weighted by Gasteiger charge is -2.61. The minimum atomic E-state index is 0.556. The zero-order valence-electron chi connectivity index (χ0n) is 21.9. The van der Waals surface area contributed by atoms with Crippen molar-refractivity contribution in [3.05, 3.63) is 23.8 Å². The standard InChI is InChI=1S/C28H48.C2H6/c1-7-12-22(13-8-2)24-16-17-25(21(24)4)28(6)20-18-23-15-10-11-19-27(23,5)26(28)14-9-3;1-2/h7,12-13,21,23-26H,8-11,14-20H2,1-6H3;1-2H3/b12-7-,22-13+;. The Morgan fingerprint density at radius 2 is 1.67 bits per heavy atom. The van der Waals surface area contributed by atoms with Crippen molar-refractivity contribution in [1.82, 2.24) is 0 Å². The van der Waals surface area contributed by atoms with Gasteiger partial charge in [0.25, 0.3) is 0 Å². The van der Waals surface area contributed by atoms with E-state index in [1.54, 1.807) is 5.57 Å². The van der Waals surface area contributed by atoms with Crippen LogP contribution in [0.15, 0.2) is 23.8 Å². The van der Waals surface area contributed by atoms with Gasteiger partial charge in [0.1, 0.15) is 0 Å². The summed E-state index contributed by atoms with van der Waals surface area (Å²) >= 11 is 0. The second-order valence-electron chi connectivity index (χ2n) is 11.1. The molecule has 0 aromatic rings. The normalized spacial score (nSPS) is 42.0. The zero-order valence-corrected chi connectivity index (χ0v) is 21.9. The van der Waals surface area contributed by atoms with Crippen LogP contribution in [-0.4, -0.2) is 0 Å². The van der Waals surface area contributed by atoms with Crippen LogP contribution < -0.4 is 0 Å². The average molecular weight is 415 g/mol. The van der Waals surface area contributed by atoms with Crippen molar-refractivity contribution in [2.75, 3.05) is 0 Å². The summed E-state index contributed by atoms with van der Waals surface area (Å²) in [6.07, 6.45) is 23.1. The second-order valence-corrected chi connectivity index (χ2v) is 11.1. The lowest BCUT2D eigenvalue weighted by atomic mass is 9.44. The molecule has 30 heavy (non-hydrogen) atoms. The Morgan fingerprint density at radius 3 is 2.30 bits per heavy atom. The van der Waals surface area contributed by atoms with Crippen molar-refractivity contribution in [2.24, 2.45) is 40.4 Å². The van der Waals surface area contributed by atoms with Crippen LogP contribution in [0, 0.1) is 40.4 Å². The van der Waals surface area contributed by atoms with Gasteiger partial charge in [0.15, 0.2) is 0 Å². The molecular weight excluding hydrogens is 360 g/mol. The van der Waals surface area contributed by atoms with E-state index in [2.05, 4.69) is 59.8 Å². The van der Waals surface area contributed by atoms with Crippen molar-refractivity contribution in [1.29, 1.82) is 0 Å². The monoisotopic (exact) mass is 414 g/mol. The third-order valence-electron chi connectivity index (χ3n) is 9.78. The fourth-order valence-electron chi connectivity index (χ4n) is 8.51. The van der Waals surface area contributed by atoms with E-state index in [4.69, 9.17) is 0 Å².